The van der Waals surface area contributed by atoms with Gasteiger partial charge in [0.15, 0.2) is 0 Å². The van der Waals surface area contributed by atoms with Gasteiger partial charge in [0.2, 0.25) is 11.8 Å². The molecule has 0 aromatic rings. The lowest BCUT2D eigenvalue weighted by molar-refractivity contribution is -0.146. The Labute approximate surface area is 194 Å². The zero-order chi connectivity index (χ0) is 25.4. The monoisotopic (exact) mass is 458 g/mol. The molecule has 1 unspecified atom stereocenters. The molecule has 0 radical (unpaired) electrons. The van der Waals surface area contributed by atoms with E-state index in [1.54, 1.807) is 13.8 Å². The number of rotatable bonds is 13. The van der Waals surface area contributed by atoms with Gasteiger partial charge in [0.1, 0.15) is 6.04 Å². The van der Waals surface area contributed by atoms with E-state index in [1.807, 2.05) is 55.4 Å². The van der Waals surface area contributed by atoms with E-state index in [1.165, 1.54) is 0 Å². The number of hydrogen-bond donors (Lipinski definition) is 3. The van der Waals surface area contributed by atoms with Crippen LogP contribution in [0.4, 0.5) is 0 Å². The van der Waals surface area contributed by atoms with Crippen molar-refractivity contribution in [3.63, 3.8) is 0 Å². The summed E-state index contributed by atoms with van der Waals surface area (Å²) in [6.07, 6.45) is 1.44. The highest BCUT2D eigenvalue weighted by Crippen LogP contribution is 2.21. The maximum atomic E-state index is 12.6. The Balaban J connectivity index is 4.51. The summed E-state index contributed by atoms with van der Waals surface area (Å²) in [5.41, 5.74) is -2.22. The summed E-state index contributed by atoms with van der Waals surface area (Å²) < 4.78 is 11.4. The molecule has 1 atom stereocenters. The van der Waals surface area contributed by atoms with Gasteiger partial charge in [-0.05, 0) is 88.5 Å². The minimum Gasteiger partial charge on any atom is -0.480 e. The Morgan fingerprint density at radius 2 is 1.19 bits per heavy atom. The number of nitrogens with one attached hydrogen (secondary N) is 2. The zero-order valence-electron chi connectivity index (χ0n) is 21.8. The van der Waals surface area contributed by atoms with Gasteiger partial charge in [-0.25, -0.2) is 4.79 Å². The Morgan fingerprint density at radius 1 is 0.750 bits per heavy atom. The second-order valence-electron chi connectivity index (χ2n) is 11.7. The molecular formula is C24H46N2O6. The first-order valence-corrected chi connectivity index (χ1v) is 11.4. The van der Waals surface area contributed by atoms with Crippen LogP contribution in [0.15, 0.2) is 0 Å². The van der Waals surface area contributed by atoms with Gasteiger partial charge in [0.05, 0.1) is 35.2 Å². The van der Waals surface area contributed by atoms with E-state index >= 15 is 0 Å². The molecule has 0 aliphatic heterocycles. The van der Waals surface area contributed by atoms with Crippen LogP contribution in [0, 0.1) is 10.8 Å². The second-order valence-corrected chi connectivity index (χ2v) is 11.7. The number of amides is 2. The van der Waals surface area contributed by atoms with Crippen LogP contribution in [0.3, 0.4) is 0 Å². The van der Waals surface area contributed by atoms with E-state index in [-0.39, 0.29) is 36.0 Å². The smallest absolute Gasteiger partial charge is 0.326 e. The van der Waals surface area contributed by atoms with Crippen LogP contribution < -0.4 is 10.6 Å². The molecule has 3 N–H and O–H groups in total. The predicted octanol–water partition coefficient (Wildman–Crippen LogP) is 3.52. The van der Waals surface area contributed by atoms with E-state index in [9.17, 15) is 19.5 Å². The summed E-state index contributed by atoms with van der Waals surface area (Å²) in [6.45, 7) is 19.6. The van der Waals surface area contributed by atoms with Crippen LogP contribution in [0.1, 0.15) is 88.5 Å². The van der Waals surface area contributed by atoms with Crippen molar-refractivity contribution in [2.24, 2.45) is 10.8 Å². The van der Waals surface area contributed by atoms with Gasteiger partial charge < -0.3 is 25.2 Å². The van der Waals surface area contributed by atoms with Crippen LogP contribution in [-0.2, 0) is 23.9 Å². The molecule has 0 fully saturated rings. The number of ether oxygens (including phenoxy) is 2. The molecule has 0 aromatic carbocycles. The van der Waals surface area contributed by atoms with E-state index in [4.69, 9.17) is 9.47 Å². The Hall–Kier alpha value is -1.67. The largest absolute Gasteiger partial charge is 0.480 e. The fourth-order valence-corrected chi connectivity index (χ4v) is 2.45. The lowest BCUT2D eigenvalue weighted by Crippen LogP contribution is -2.48. The fraction of sp³-hybridized carbons (Fsp3) is 0.875. The Morgan fingerprint density at radius 3 is 1.59 bits per heavy atom. The molecule has 32 heavy (non-hydrogen) atoms. The van der Waals surface area contributed by atoms with Crippen molar-refractivity contribution in [2.45, 2.75) is 106 Å². The molecule has 0 aliphatic carbocycles. The van der Waals surface area contributed by atoms with Crippen LogP contribution in [0.2, 0.25) is 0 Å². The SMILES string of the molecule is CC(C)(C)OCC(C)(C)C(=O)NCCCCC(NC(=O)C(C)(C)COC(C)(C)C)C(=O)O. The number of hydrogen-bond acceptors (Lipinski definition) is 5. The average Bonchev–Trinajstić information content (AvgIpc) is 2.62. The van der Waals surface area contributed by atoms with Crippen LogP contribution in [0.5, 0.6) is 0 Å². The maximum absolute atomic E-state index is 12.6. The highest BCUT2D eigenvalue weighted by molar-refractivity contribution is 5.87. The fourth-order valence-electron chi connectivity index (χ4n) is 2.45. The normalized spacial score (nSPS) is 14.1. The average molecular weight is 459 g/mol. The predicted molar refractivity (Wildman–Crippen MR) is 125 cm³/mol. The van der Waals surface area contributed by atoms with Gasteiger partial charge in [-0.3, -0.25) is 9.59 Å². The van der Waals surface area contributed by atoms with E-state index in [0.717, 1.165) is 0 Å². The van der Waals surface area contributed by atoms with E-state index < -0.39 is 22.8 Å². The van der Waals surface area contributed by atoms with Gasteiger partial charge in [-0.15, -0.1) is 0 Å². The number of aliphatic carboxylic acids is 1. The van der Waals surface area contributed by atoms with Crippen molar-refractivity contribution in [3.8, 4) is 0 Å². The molecule has 0 aliphatic rings. The highest BCUT2D eigenvalue weighted by Gasteiger charge is 2.33. The van der Waals surface area contributed by atoms with Crippen molar-refractivity contribution in [1.82, 2.24) is 10.6 Å². The van der Waals surface area contributed by atoms with Crippen molar-refractivity contribution >= 4 is 17.8 Å². The first kappa shape index (κ1) is 30.3. The first-order chi connectivity index (χ1) is 14.3. The molecule has 0 heterocycles. The summed E-state index contributed by atoms with van der Waals surface area (Å²) in [5, 5.41) is 15.0. The number of carboxylic acids is 1. The third-order valence-electron chi connectivity index (χ3n) is 4.77. The van der Waals surface area contributed by atoms with Crippen molar-refractivity contribution < 1.29 is 29.0 Å². The molecule has 0 aromatic heterocycles. The first-order valence-electron chi connectivity index (χ1n) is 11.4. The third kappa shape index (κ3) is 13.0. The van der Waals surface area contributed by atoms with E-state index in [0.29, 0.717) is 26.0 Å². The second kappa shape index (κ2) is 12.0. The molecule has 188 valence electrons. The minimum absolute atomic E-state index is 0.106. The van der Waals surface area contributed by atoms with Crippen LogP contribution in [0.25, 0.3) is 0 Å². The number of carboxylic acid groups (broad SMARTS) is 1. The lowest BCUT2D eigenvalue weighted by atomic mass is 9.92. The van der Waals surface area contributed by atoms with Gasteiger partial charge in [-0.2, -0.15) is 0 Å². The molecule has 0 bridgehead atoms. The molecule has 0 rings (SSSR count). The highest BCUT2D eigenvalue weighted by atomic mass is 16.5. The van der Waals surface area contributed by atoms with E-state index in [2.05, 4.69) is 10.6 Å². The summed E-state index contributed by atoms with van der Waals surface area (Å²) in [6, 6.07) is -0.983. The van der Waals surface area contributed by atoms with Crippen molar-refractivity contribution in [2.75, 3.05) is 19.8 Å². The molecule has 0 saturated heterocycles. The lowest BCUT2D eigenvalue weighted by Gasteiger charge is -2.30. The molecule has 0 saturated carbocycles. The summed E-state index contributed by atoms with van der Waals surface area (Å²) in [5.74, 6) is -1.54. The molecular weight excluding hydrogens is 412 g/mol. The van der Waals surface area contributed by atoms with Gasteiger partial charge in [-0.1, -0.05) is 0 Å². The minimum atomic E-state index is -1.07. The van der Waals surface area contributed by atoms with Gasteiger partial charge in [0.25, 0.3) is 0 Å². The third-order valence-corrected chi connectivity index (χ3v) is 4.77. The Bertz CT molecular complexity index is 629. The topological polar surface area (TPSA) is 114 Å². The molecule has 8 heteroatoms. The molecule has 0 spiro atoms. The number of carbonyl (C=O) groups excluding carboxylic acids is 2. The summed E-state index contributed by atoms with van der Waals surface area (Å²) >= 11 is 0. The zero-order valence-corrected chi connectivity index (χ0v) is 21.8. The standard InChI is InChI=1S/C24H46N2O6/c1-21(2,3)31-15-23(7,8)19(29)25-14-12-11-13-17(18(27)28)26-20(30)24(9,10)16-32-22(4,5)6/h17H,11-16H2,1-10H3,(H,25,29)(H,26,30)(H,27,28). The Kier molecular flexibility index (Phi) is 11.4. The maximum Gasteiger partial charge on any atom is 0.326 e. The van der Waals surface area contributed by atoms with Crippen molar-refractivity contribution in [3.05, 3.63) is 0 Å². The van der Waals surface area contributed by atoms with Crippen molar-refractivity contribution in [1.29, 1.82) is 0 Å². The molecule has 2 amide bonds. The quantitative estimate of drug-likeness (QED) is 0.364. The van der Waals surface area contributed by atoms with Gasteiger partial charge >= 0.3 is 5.97 Å². The summed E-state index contributed by atoms with van der Waals surface area (Å²) in [4.78, 5) is 36.6. The molecule has 8 nitrogen and oxygen atoms in total. The van der Waals surface area contributed by atoms with Crippen LogP contribution in [-0.4, -0.2) is 59.9 Å². The summed E-state index contributed by atoms with van der Waals surface area (Å²) in [7, 11) is 0. The number of carbonyl (C=O) groups is 3. The number of unbranched alkanes of at least 4 members (excludes halogenated alkanes) is 1. The van der Waals surface area contributed by atoms with Crippen LogP contribution >= 0.6 is 0 Å². The van der Waals surface area contributed by atoms with Gasteiger partial charge in [0, 0.05) is 6.54 Å².